The van der Waals surface area contributed by atoms with Gasteiger partial charge in [0.15, 0.2) is 11.5 Å². The summed E-state index contributed by atoms with van der Waals surface area (Å²) in [6.45, 7) is 0. The molecule has 0 atom stereocenters. The Morgan fingerprint density at radius 3 is 2.55 bits per heavy atom. The molecule has 0 bridgehead atoms. The van der Waals surface area contributed by atoms with Crippen molar-refractivity contribution in [3.63, 3.8) is 0 Å². The number of benzene rings is 2. The van der Waals surface area contributed by atoms with Crippen molar-refractivity contribution in [3.05, 3.63) is 89.3 Å². The van der Waals surface area contributed by atoms with E-state index in [0.29, 0.717) is 28.6 Å². The van der Waals surface area contributed by atoms with Gasteiger partial charge < -0.3 is 9.73 Å². The zero-order valence-electron chi connectivity index (χ0n) is 15.2. The van der Waals surface area contributed by atoms with Crippen LogP contribution in [0.15, 0.2) is 77.4 Å². The number of anilines is 1. The molecule has 0 radical (unpaired) electrons. The molecule has 0 aliphatic heterocycles. The Kier molecular flexibility index (Phi) is 5.14. The number of carbonyl (C=O) groups is 1. The van der Waals surface area contributed by atoms with Crippen molar-refractivity contribution in [1.82, 2.24) is 9.78 Å². The van der Waals surface area contributed by atoms with Crippen LogP contribution < -0.4 is 5.32 Å². The van der Waals surface area contributed by atoms with Crippen molar-refractivity contribution >= 4 is 23.2 Å². The highest BCUT2D eigenvalue weighted by atomic mass is 35.5. The Balaban J connectivity index is 1.65. The first-order valence-electron chi connectivity index (χ1n) is 8.81. The molecule has 4 rings (SSSR count). The van der Waals surface area contributed by atoms with Gasteiger partial charge in [-0.25, -0.2) is 4.68 Å². The lowest BCUT2D eigenvalue weighted by atomic mass is 10.1. The summed E-state index contributed by atoms with van der Waals surface area (Å²) in [6, 6.07) is 21.6. The lowest BCUT2D eigenvalue weighted by molar-refractivity contribution is 0.102. The predicted octanol–water partition coefficient (Wildman–Crippen LogP) is 5.10. The van der Waals surface area contributed by atoms with Crippen LogP contribution in [0, 0.1) is 11.3 Å². The number of amides is 1. The highest BCUT2D eigenvalue weighted by Crippen LogP contribution is 2.26. The number of hydrogen-bond acceptors (Lipinski definition) is 4. The monoisotopic (exact) mass is 402 g/mol. The molecule has 4 aromatic rings. The third-order valence-corrected chi connectivity index (χ3v) is 4.53. The number of rotatable bonds is 5. The van der Waals surface area contributed by atoms with Gasteiger partial charge in [0.25, 0.3) is 5.91 Å². The van der Waals surface area contributed by atoms with Crippen molar-refractivity contribution < 1.29 is 9.21 Å². The largest absolute Gasteiger partial charge is 0.463 e. The SMILES string of the molecule is N#CCc1ccc(NC(=O)c2cc(-c3ccco3)n(-c3ccc(Cl)cc3)n2)cc1. The van der Waals surface area contributed by atoms with Gasteiger partial charge >= 0.3 is 0 Å². The molecule has 6 nitrogen and oxygen atoms in total. The highest BCUT2D eigenvalue weighted by molar-refractivity contribution is 6.30. The summed E-state index contributed by atoms with van der Waals surface area (Å²) in [5, 5.41) is 16.7. The van der Waals surface area contributed by atoms with E-state index in [0.717, 1.165) is 11.3 Å². The molecule has 1 amide bonds. The molecular formula is C22H15ClN4O2. The Morgan fingerprint density at radius 1 is 1.14 bits per heavy atom. The first-order chi connectivity index (χ1) is 14.1. The van der Waals surface area contributed by atoms with Gasteiger partial charge in [0.2, 0.25) is 0 Å². The topological polar surface area (TPSA) is 83.9 Å². The summed E-state index contributed by atoms with van der Waals surface area (Å²) in [5.74, 6) is 0.242. The maximum absolute atomic E-state index is 12.8. The Hall–Kier alpha value is -3.82. The summed E-state index contributed by atoms with van der Waals surface area (Å²) < 4.78 is 7.15. The standard InChI is InChI=1S/C22H15ClN4O2/c23-16-5-9-18(10-6-16)27-20(21-2-1-13-29-21)14-19(26-27)22(28)25-17-7-3-15(4-8-17)11-12-24/h1-10,13-14H,11H2,(H,25,28). The molecule has 0 aliphatic rings. The third kappa shape index (κ3) is 4.05. The van der Waals surface area contributed by atoms with Gasteiger partial charge in [-0.1, -0.05) is 23.7 Å². The Labute approximate surface area is 172 Å². The minimum Gasteiger partial charge on any atom is -0.463 e. The van der Waals surface area contributed by atoms with Crippen LogP contribution in [0.2, 0.25) is 5.02 Å². The lowest BCUT2D eigenvalue weighted by Gasteiger charge is -2.06. The summed E-state index contributed by atoms with van der Waals surface area (Å²) in [5.41, 5.74) is 3.15. The fraction of sp³-hybridized carbons (Fsp3) is 0.0455. The fourth-order valence-corrected chi connectivity index (χ4v) is 2.99. The second kappa shape index (κ2) is 8.05. The number of nitrogens with zero attached hydrogens (tertiary/aromatic N) is 3. The average molecular weight is 403 g/mol. The maximum atomic E-state index is 12.8. The minimum absolute atomic E-state index is 0.243. The van der Waals surface area contributed by atoms with E-state index in [4.69, 9.17) is 21.3 Å². The smallest absolute Gasteiger partial charge is 0.276 e. The quantitative estimate of drug-likeness (QED) is 0.503. The van der Waals surface area contributed by atoms with E-state index in [2.05, 4.69) is 16.5 Å². The molecule has 142 valence electrons. The van der Waals surface area contributed by atoms with Crippen LogP contribution in [-0.2, 0) is 6.42 Å². The molecule has 2 aromatic carbocycles. The summed E-state index contributed by atoms with van der Waals surface area (Å²) in [4.78, 5) is 12.8. The van der Waals surface area contributed by atoms with Gasteiger partial charge in [-0.3, -0.25) is 4.79 Å². The van der Waals surface area contributed by atoms with Crippen molar-refractivity contribution in [3.8, 4) is 23.2 Å². The number of nitrogens with one attached hydrogen (secondary N) is 1. The zero-order chi connectivity index (χ0) is 20.2. The molecule has 0 saturated heterocycles. The van der Waals surface area contributed by atoms with Crippen LogP contribution in [0.3, 0.4) is 0 Å². The predicted molar refractivity (Wildman–Crippen MR) is 110 cm³/mol. The van der Waals surface area contributed by atoms with Crippen LogP contribution >= 0.6 is 11.6 Å². The Bertz CT molecular complexity index is 1170. The van der Waals surface area contributed by atoms with Gasteiger partial charge in [0.05, 0.1) is 24.4 Å². The molecule has 2 heterocycles. The van der Waals surface area contributed by atoms with Gasteiger partial charge in [0.1, 0.15) is 5.69 Å². The summed E-state index contributed by atoms with van der Waals surface area (Å²) in [6.07, 6.45) is 1.89. The molecular weight excluding hydrogens is 388 g/mol. The van der Waals surface area contributed by atoms with E-state index in [1.807, 2.05) is 12.1 Å². The van der Waals surface area contributed by atoms with E-state index >= 15 is 0 Å². The van der Waals surface area contributed by atoms with Gasteiger partial charge in [-0.05, 0) is 54.1 Å². The number of aromatic nitrogens is 2. The normalized spacial score (nSPS) is 10.5. The summed E-state index contributed by atoms with van der Waals surface area (Å²) >= 11 is 5.99. The van der Waals surface area contributed by atoms with Crippen LogP contribution in [0.1, 0.15) is 16.1 Å². The number of carbonyl (C=O) groups excluding carboxylic acids is 1. The van der Waals surface area contributed by atoms with E-state index in [9.17, 15) is 4.79 Å². The van der Waals surface area contributed by atoms with Gasteiger partial charge in [0, 0.05) is 16.8 Å². The van der Waals surface area contributed by atoms with Crippen LogP contribution in [0.5, 0.6) is 0 Å². The second-order valence-electron chi connectivity index (χ2n) is 6.27. The molecule has 2 aromatic heterocycles. The van der Waals surface area contributed by atoms with Crippen molar-refractivity contribution in [1.29, 1.82) is 5.26 Å². The van der Waals surface area contributed by atoms with Gasteiger partial charge in [-0.15, -0.1) is 0 Å². The molecule has 7 heteroatoms. The number of nitriles is 1. The molecule has 29 heavy (non-hydrogen) atoms. The van der Waals surface area contributed by atoms with Crippen LogP contribution in [0.4, 0.5) is 5.69 Å². The maximum Gasteiger partial charge on any atom is 0.276 e. The molecule has 0 unspecified atom stereocenters. The first kappa shape index (κ1) is 18.5. The zero-order valence-corrected chi connectivity index (χ0v) is 15.9. The van der Waals surface area contributed by atoms with E-state index in [1.165, 1.54) is 0 Å². The van der Waals surface area contributed by atoms with Crippen molar-refractivity contribution in [2.45, 2.75) is 6.42 Å². The highest BCUT2D eigenvalue weighted by Gasteiger charge is 2.18. The molecule has 0 aliphatic carbocycles. The number of hydrogen-bond donors (Lipinski definition) is 1. The molecule has 1 N–H and O–H groups in total. The average Bonchev–Trinajstić information content (AvgIpc) is 3.40. The molecule has 0 saturated carbocycles. The van der Waals surface area contributed by atoms with Crippen LogP contribution in [-0.4, -0.2) is 15.7 Å². The minimum atomic E-state index is -0.349. The van der Waals surface area contributed by atoms with Crippen molar-refractivity contribution in [2.75, 3.05) is 5.32 Å². The van der Waals surface area contributed by atoms with Gasteiger partial charge in [-0.2, -0.15) is 10.4 Å². The molecule has 0 spiro atoms. The second-order valence-corrected chi connectivity index (χ2v) is 6.70. The summed E-state index contributed by atoms with van der Waals surface area (Å²) in [7, 11) is 0. The van der Waals surface area contributed by atoms with Crippen LogP contribution in [0.25, 0.3) is 17.1 Å². The lowest BCUT2D eigenvalue weighted by Crippen LogP contribution is -2.13. The Morgan fingerprint density at radius 2 is 1.90 bits per heavy atom. The van der Waals surface area contributed by atoms with E-state index < -0.39 is 0 Å². The van der Waals surface area contributed by atoms with Crippen molar-refractivity contribution in [2.24, 2.45) is 0 Å². The molecule has 0 fully saturated rings. The van der Waals surface area contributed by atoms with E-state index in [-0.39, 0.29) is 11.6 Å². The number of halogens is 1. The number of furan rings is 1. The first-order valence-corrected chi connectivity index (χ1v) is 9.19. The third-order valence-electron chi connectivity index (χ3n) is 4.28. The fourth-order valence-electron chi connectivity index (χ4n) is 2.86. The van der Waals surface area contributed by atoms with E-state index in [1.54, 1.807) is 65.5 Å².